The van der Waals surface area contributed by atoms with Crippen molar-refractivity contribution >= 4 is 17.1 Å². The quantitative estimate of drug-likeness (QED) is 0.629. The van der Waals surface area contributed by atoms with Crippen LogP contribution in [0, 0.1) is 29.0 Å². The van der Waals surface area contributed by atoms with Gasteiger partial charge in [-0.1, -0.05) is 19.1 Å². The molecule has 1 atom stereocenters. The van der Waals surface area contributed by atoms with Crippen LogP contribution in [0.5, 0.6) is 5.88 Å². The number of hydrogen-bond donors (Lipinski definition) is 1. The number of hydrogen-bond acceptors (Lipinski definition) is 9. The molecule has 33 heavy (non-hydrogen) atoms. The molecule has 1 aliphatic heterocycles. The molecule has 0 spiro atoms. The minimum atomic E-state index is -0.591. The molecule has 1 N–H and O–H groups in total. The molecule has 1 fully saturated rings. The van der Waals surface area contributed by atoms with Crippen molar-refractivity contribution in [3.8, 4) is 17.6 Å². The Kier molecular flexibility index (Phi) is 5.60. The zero-order valence-corrected chi connectivity index (χ0v) is 18.3. The molecular weight excluding hydrogens is 427 g/mol. The molecule has 11 heteroatoms. The van der Waals surface area contributed by atoms with E-state index < -0.39 is 5.82 Å². The van der Waals surface area contributed by atoms with Crippen LogP contribution < -0.4 is 10.2 Å². The predicted molar refractivity (Wildman–Crippen MR) is 116 cm³/mol. The van der Waals surface area contributed by atoms with Crippen molar-refractivity contribution in [2.24, 2.45) is 16.8 Å². The van der Waals surface area contributed by atoms with Crippen LogP contribution in [0.3, 0.4) is 0 Å². The molecule has 0 bridgehead atoms. The van der Waals surface area contributed by atoms with Gasteiger partial charge >= 0.3 is 0 Å². The number of halogens is 1. The van der Waals surface area contributed by atoms with Crippen molar-refractivity contribution in [3.05, 3.63) is 35.9 Å². The van der Waals surface area contributed by atoms with Crippen LogP contribution in [0.1, 0.15) is 45.1 Å². The molecule has 1 aliphatic carbocycles. The summed E-state index contributed by atoms with van der Waals surface area (Å²) >= 11 is 0. The highest BCUT2D eigenvalue weighted by atomic mass is 19.1. The smallest absolute Gasteiger partial charge is 0.247 e. The summed E-state index contributed by atoms with van der Waals surface area (Å²) in [6.07, 6.45) is 4.76. The molecule has 0 amide bonds. The standard InChI is InChI=1S/C22H23FN8O2/c1-12(2)19-27-21(33-29-19)14-4-6-15(7-5-14)32-22-18-20(25-11-26-22)31(30-28-18)17-8-3-13(10-24)9-16(17)23/h3,8-9,11-12,14-15,19,29H,4-7H2,1-2H3. The van der Waals surface area contributed by atoms with E-state index in [1.165, 1.54) is 23.1 Å². The molecule has 1 aromatic carbocycles. The van der Waals surface area contributed by atoms with Crippen molar-refractivity contribution in [1.29, 1.82) is 5.26 Å². The maximum absolute atomic E-state index is 14.5. The molecule has 3 aromatic rings. The van der Waals surface area contributed by atoms with Gasteiger partial charge in [-0.15, -0.1) is 10.6 Å². The lowest BCUT2D eigenvalue weighted by Gasteiger charge is -2.27. The molecule has 10 nitrogen and oxygen atoms in total. The first-order valence-electron chi connectivity index (χ1n) is 11.0. The second kappa shape index (κ2) is 8.71. The molecule has 170 valence electrons. The van der Waals surface area contributed by atoms with E-state index >= 15 is 0 Å². The molecule has 1 unspecified atom stereocenters. The van der Waals surface area contributed by atoms with Gasteiger partial charge in [0, 0.05) is 5.92 Å². The van der Waals surface area contributed by atoms with E-state index in [0.29, 0.717) is 23.0 Å². The largest absolute Gasteiger partial charge is 0.473 e. The summed E-state index contributed by atoms with van der Waals surface area (Å²) in [7, 11) is 0. The Morgan fingerprint density at radius 3 is 2.76 bits per heavy atom. The van der Waals surface area contributed by atoms with Crippen molar-refractivity contribution in [1.82, 2.24) is 30.4 Å². The van der Waals surface area contributed by atoms with Crippen molar-refractivity contribution in [3.63, 3.8) is 0 Å². The van der Waals surface area contributed by atoms with Gasteiger partial charge in [0.1, 0.15) is 30.1 Å². The van der Waals surface area contributed by atoms with E-state index in [9.17, 15) is 4.39 Å². The molecule has 0 saturated heterocycles. The lowest BCUT2D eigenvalue weighted by molar-refractivity contribution is 0.119. The number of aliphatic imine (C=N–C) groups is 1. The highest BCUT2D eigenvalue weighted by Gasteiger charge is 2.32. The first-order valence-corrected chi connectivity index (χ1v) is 11.0. The first kappa shape index (κ1) is 21.2. The fourth-order valence-corrected chi connectivity index (χ4v) is 4.09. The third kappa shape index (κ3) is 4.09. The Labute approximate surface area is 189 Å². The summed E-state index contributed by atoms with van der Waals surface area (Å²) < 4.78 is 21.9. The highest BCUT2D eigenvalue weighted by Crippen LogP contribution is 2.31. The number of rotatable bonds is 5. The minimum absolute atomic E-state index is 0.00632. The summed E-state index contributed by atoms with van der Waals surface area (Å²) in [4.78, 5) is 18.7. The summed E-state index contributed by atoms with van der Waals surface area (Å²) in [6, 6.07) is 6.04. The van der Waals surface area contributed by atoms with Crippen LogP contribution >= 0.6 is 0 Å². The summed E-state index contributed by atoms with van der Waals surface area (Å²) in [6.45, 7) is 4.21. The van der Waals surface area contributed by atoms with Crippen molar-refractivity contribution < 1.29 is 14.0 Å². The van der Waals surface area contributed by atoms with Gasteiger partial charge in [0.2, 0.25) is 11.8 Å². The van der Waals surface area contributed by atoms with Gasteiger partial charge in [0.15, 0.2) is 11.2 Å². The SMILES string of the molecule is CC(C)C1N=C(C2CCC(Oc3ncnc4c3nnn4-c3ccc(C#N)cc3F)CC2)ON1. The molecule has 1 saturated carbocycles. The number of ether oxygens (including phenoxy) is 1. The number of nitrogens with one attached hydrogen (secondary N) is 1. The molecule has 2 aromatic heterocycles. The van der Waals surface area contributed by atoms with Gasteiger partial charge in [-0.3, -0.25) is 0 Å². The number of nitrogens with zero attached hydrogens (tertiary/aromatic N) is 7. The first-order chi connectivity index (χ1) is 16.0. The van der Waals surface area contributed by atoms with Crippen LogP contribution in [0.4, 0.5) is 4.39 Å². The van der Waals surface area contributed by atoms with Crippen molar-refractivity contribution in [2.45, 2.75) is 51.8 Å². The third-order valence-corrected chi connectivity index (χ3v) is 5.99. The van der Waals surface area contributed by atoms with Gasteiger partial charge in [-0.25, -0.2) is 14.4 Å². The van der Waals surface area contributed by atoms with Gasteiger partial charge in [0.05, 0.1) is 11.6 Å². The molecule has 0 radical (unpaired) electrons. The fraction of sp³-hybridized carbons (Fsp3) is 0.455. The van der Waals surface area contributed by atoms with Crippen molar-refractivity contribution in [2.75, 3.05) is 0 Å². The maximum atomic E-state index is 14.5. The summed E-state index contributed by atoms with van der Waals surface area (Å²) in [5.41, 5.74) is 4.04. The van der Waals surface area contributed by atoms with E-state index in [0.717, 1.165) is 37.6 Å². The van der Waals surface area contributed by atoms with Gasteiger partial charge in [0.25, 0.3) is 0 Å². The second-order valence-corrected chi connectivity index (χ2v) is 8.60. The molecule has 2 aliphatic rings. The monoisotopic (exact) mass is 450 g/mol. The second-order valence-electron chi connectivity index (χ2n) is 8.60. The Hall–Kier alpha value is -3.65. The van der Waals surface area contributed by atoms with Crippen LogP contribution in [0.2, 0.25) is 0 Å². The lowest BCUT2D eigenvalue weighted by Crippen LogP contribution is -2.30. The fourth-order valence-electron chi connectivity index (χ4n) is 4.09. The summed E-state index contributed by atoms with van der Waals surface area (Å²) in [5.74, 6) is 1.15. The number of hydroxylamine groups is 1. The Bertz CT molecular complexity index is 1240. The maximum Gasteiger partial charge on any atom is 0.247 e. The number of aromatic nitrogens is 5. The van der Waals surface area contributed by atoms with Gasteiger partial charge in [-0.05, 0) is 49.8 Å². The van der Waals surface area contributed by atoms with Gasteiger partial charge < -0.3 is 9.57 Å². The van der Waals surface area contributed by atoms with E-state index in [2.05, 4.69) is 44.6 Å². The number of fused-ring (bicyclic) bond motifs is 1. The van der Waals surface area contributed by atoms with E-state index in [1.807, 2.05) is 6.07 Å². The van der Waals surface area contributed by atoms with E-state index in [1.54, 1.807) is 0 Å². The van der Waals surface area contributed by atoms with Crippen LogP contribution in [0.15, 0.2) is 29.5 Å². The Morgan fingerprint density at radius 1 is 1.24 bits per heavy atom. The lowest BCUT2D eigenvalue weighted by atomic mass is 9.87. The molecule has 5 rings (SSSR count). The zero-order chi connectivity index (χ0) is 22.9. The average molecular weight is 450 g/mol. The Balaban J connectivity index is 1.30. The summed E-state index contributed by atoms with van der Waals surface area (Å²) in [5, 5.41) is 17.1. The normalized spacial score (nSPS) is 22.8. The highest BCUT2D eigenvalue weighted by molar-refractivity contribution is 5.80. The molecule has 3 heterocycles. The average Bonchev–Trinajstić information content (AvgIpc) is 3.48. The minimum Gasteiger partial charge on any atom is -0.473 e. The predicted octanol–water partition coefficient (Wildman–Crippen LogP) is 3.07. The van der Waals surface area contributed by atoms with E-state index in [4.69, 9.17) is 14.8 Å². The topological polar surface area (TPSA) is 123 Å². The Morgan fingerprint density at radius 2 is 2.06 bits per heavy atom. The van der Waals surface area contributed by atoms with Gasteiger partial charge in [-0.2, -0.15) is 14.9 Å². The van der Waals surface area contributed by atoms with Crippen LogP contribution in [-0.2, 0) is 4.84 Å². The molecular formula is C22H23FN8O2. The number of nitriles is 1. The third-order valence-electron chi connectivity index (χ3n) is 5.99. The zero-order valence-electron chi connectivity index (χ0n) is 18.3. The van der Waals surface area contributed by atoms with E-state index in [-0.39, 0.29) is 29.4 Å². The van der Waals surface area contributed by atoms with Crippen LogP contribution in [-0.4, -0.2) is 43.1 Å². The number of benzene rings is 1. The van der Waals surface area contributed by atoms with Crippen LogP contribution in [0.25, 0.3) is 16.9 Å².